The number of hydrogen-bond donors (Lipinski definition) is 0. The molecule has 1 fully saturated rings. The van der Waals surface area contributed by atoms with Crippen molar-refractivity contribution < 1.29 is 19.0 Å². The Morgan fingerprint density at radius 2 is 1.85 bits per heavy atom. The van der Waals surface area contributed by atoms with Crippen molar-refractivity contribution >= 4 is 29.1 Å². The molecule has 1 aromatic heterocycles. The summed E-state index contributed by atoms with van der Waals surface area (Å²) in [5, 5.41) is 0. The third kappa shape index (κ3) is 5.18. The van der Waals surface area contributed by atoms with Crippen molar-refractivity contribution in [3.8, 4) is 11.5 Å². The monoisotopic (exact) mass is 561 g/mol. The zero-order valence-corrected chi connectivity index (χ0v) is 24.5. The fourth-order valence-corrected chi connectivity index (χ4v) is 6.41. The molecule has 0 N–H and O–H groups in total. The highest BCUT2D eigenvalue weighted by atomic mass is 32.1. The van der Waals surface area contributed by atoms with E-state index in [1.165, 1.54) is 29.9 Å². The number of benzene rings is 2. The molecule has 0 radical (unpaired) electrons. The molecule has 0 spiro atoms. The topological polar surface area (TPSA) is 82.4 Å². The van der Waals surface area contributed by atoms with Crippen molar-refractivity contribution in [1.82, 2.24) is 4.57 Å². The Balaban J connectivity index is 1.65. The van der Waals surface area contributed by atoms with Crippen LogP contribution in [0, 0.1) is 6.92 Å². The van der Waals surface area contributed by atoms with Crippen molar-refractivity contribution in [2.45, 2.75) is 46.6 Å². The predicted octanol–water partition coefficient (Wildman–Crippen LogP) is 4.11. The minimum absolute atomic E-state index is 0.208. The number of aryl methyl sites for hydroxylation is 1. The lowest BCUT2D eigenvalue weighted by atomic mass is 9.95. The van der Waals surface area contributed by atoms with Gasteiger partial charge in [0.05, 0.1) is 42.2 Å². The highest BCUT2D eigenvalue weighted by molar-refractivity contribution is 7.07. The van der Waals surface area contributed by atoms with Gasteiger partial charge in [-0.15, -0.1) is 0 Å². The molecule has 1 atom stereocenters. The second-order valence-electron chi connectivity index (χ2n) is 9.88. The summed E-state index contributed by atoms with van der Waals surface area (Å²) in [7, 11) is 1.58. The van der Waals surface area contributed by atoms with Crippen LogP contribution in [-0.2, 0) is 9.53 Å². The molecule has 0 unspecified atom stereocenters. The van der Waals surface area contributed by atoms with Gasteiger partial charge in [-0.2, -0.15) is 0 Å². The van der Waals surface area contributed by atoms with Crippen LogP contribution in [0.25, 0.3) is 6.08 Å². The Labute approximate surface area is 237 Å². The zero-order chi connectivity index (χ0) is 28.4. The molecule has 0 bridgehead atoms. The van der Waals surface area contributed by atoms with E-state index in [2.05, 4.69) is 35.0 Å². The van der Waals surface area contributed by atoms with Crippen molar-refractivity contribution in [1.29, 1.82) is 0 Å². The lowest BCUT2D eigenvalue weighted by molar-refractivity contribution is -0.139. The number of thiazole rings is 1. The largest absolute Gasteiger partial charge is 0.493 e. The van der Waals surface area contributed by atoms with Gasteiger partial charge in [0, 0.05) is 18.8 Å². The van der Waals surface area contributed by atoms with Crippen LogP contribution in [-0.4, -0.2) is 43.9 Å². The second kappa shape index (κ2) is 11.7. The van der Waals surface area contributed by atoms with E-state index in [1.807, 2.05) is 25.1 Å². The summed E-state index contributed by atoms with van der Waals surface area (Å²) < 4.78 is 18.9. The van der Waals surface area contributed by atoms with E-state index in [1.54, 1.807) is 31.6 Å². The molecule has 2 aliphatic heterocycles. The first kappa shape index (κ1) is 27.7. The van der Waals surface area contributed by atoms with E-state index in [0.29, 0.717) is 44.3 Å². The van der Waals surface area contributed by atoms with Gasteiger partial charge in [-0.05, 0) is 87.6 Å². The number of methoxy groups -OCH3 is 1. The van der Waals surface area contributed by atoms with Crippen LogP contribution < -0.4 is 29.3 Å². The van der Waals surface area contributed by atoms with Gasteiger partial charge in [-0.3, -0.25) is 9.36 Å². The summed E-state index contributed by atoms with van der Waals surface area (Å²) in [6, 6.07) is 11.1. The molecule has 40 heavy (non-hydrogen) atoms. The van der Waals surface area contributed by atoms with Crippen LogP contribution in [0.4, 0.5) is 5.69 Å². The second-order valence-corrected chi connectivity index (χ2v) is 10.9. The lowest BCUT2D eigenvalue weighted by Gasteiger charge is -2.25. The predicted molar refractivity (Wildman–Crippen MR) is 157 cm³/mol. The van der Waals surface area contributed by atoms with Crippen molar-refractivity contribution in [3.63, 3.8) is 0 Å². The number of esters is 1. The zero-order valence-electron chi connectivity index (χ0n) is 23.7. The Morgan fingerprint density at radius 3 is 2.52 bits per heavy atom. The third-order valence-corrected chi connectivity index (χ3v) is 8.31. The maximum absolute atomic E-state index is 14.0. The lowest BCUT2D eigenvalue weighted by Crippen LogP contribution is -2.40. The van der Waals surface area contributed by atoms with Gasteiger partial charge in [0.1, 0.15) is 0 Å². The van der Waals surface area contributed by atoms with Crippen LogP contribution in [0.1, 0.15) is 56.3 Å². The highest BCUT2D eigenvalue weighted by Crippen LogP contribution is 2.36. The number of carbonyl (C=O) groups is 1. The summed E-state index contributed by atoms with van der Waals surface area (Å²) in [5.74, 6) is 0.616. The fraction of sp³-hybridized carbons (Fsp3) is 0.387. The van der Waals surface area contributed by atoms with Crippen LogP contribution in [0.2, 0.25) is 0 Å². The average molecular weight is 562 g/mol. The van der Waals surface area contributed by atoms with E-state index in [0.717, 1.165) is 24.2 Å². The molecule has 2 aromatic carbocycles. The Hall–Kier alpha value is -3.85. The smallest absolute Gasteiger partial charge is 0.338 e. The molecule has 9 heteroatoms. The minimum Gasteiger partial charge on any atom is -0.493 e. The standard InChI is InChI=1S/C31H35N3O5S/c1-6-38-25-17-22(11-13-24(25)37-5)28-27(30(36)39-7-2)20(4)32-31-34(28)29(35)26(40-31)18-21-10-12-23(16-19(21)3)33-14-8-9-15-33/h10-13,16-18,28H,6-9,14-15H2,1-5H3/b26-18+/t28-/m1/s1. The Kier molecular flexibility index (Phi) is 8.12. The van der Waals surface area contributed by atoms with Crippen LogP contribution in [0.5, 0.6) is 11.5 Å². The number of aromatic nitrogens is 1. The van der Waals surface area contributed by atoms with Gasteiger partial charge in [-0.25, -0.2) is 9.79 Å². The molecule has 0 aliphatic carbocycles. The van der Waals surface area contributed by atoms with Gasteiger partial charge in [0.2, 0.25) is 0 Å². The molecular formula is C31H35N3O5S. The van der Waals surface area contributed by atoms with E-state index in [9.17, 15) is 9.59 Å². The molecule has 0 saturated carbocycles. The first-order valence-electron chi connectivity index (χ1n) is 13.7. The SMILES string of the molecule is CCOC(=O)C1=C(C)N=c2s/c(=C/c3ccc(N4CCCC4)cc3C)c(=O)n2[C@@H]1c1ccc(OC)c(OCC)c1. The first-order valence-corrected chi connectivity index (χ1v) is 14.5. The van der Waals surface area contributed by atoms with Gasteiger partial charge in [-0.1, -0.05) is 23.5 Å². The Morgan fingerprint density at radius 1 is 1.07 bits per heavy atom. The number of carbonyl (C=O) groups excluding carboxylic acids is 1. The fourth-order valence-electron chi connectivity index (χ4n) is 5.37. The van der Waals surface area contributed by atoms with Crippen molar-refractivity contribution in [2.75, 3.05) is 38.3 Å². The van der Waals surface area contributed by atoms with E-state index < -0.39 is 12.0 Å². The highest BCUT2D eigenvalue weighted by Gasteiger charge is 2.34. The van der Waals surface area contributed by atoms with Gasteiger partial charge in [0.25, 0.3) is 5.56 Å². The molecular weight excluding hydrogens is 526 g/mol. The average Bonchev–Trinajstić information content (AvgIpc) is 3.58. The summed E-state index contributed by atoms with van der Waals surface area (Å²) in [5.41, 5.74) is 4.66. The van der Waals surface area contributed by atoms with E-state index in [-0.39, 0.29) is 12.2 Å². The van der Waals surface area contributed by atoms with Gasteiger partial charge in [0.15, 0.2) is 16.3 Å². The molecule has 5 rings (SSSR count). The number of anilines is 1. The maximum Gasteiger partial charge on any atom is 0.338 e. The molecule has 2 aliphatic rings. The van der Waals surface area contributed by atoms with Crippen molar-refractivity contribution in [3.05, 3.63) is 84.0 Å². The molecule has 210 valence electrons. The normalized spacial score (nSPS) is 17.1. The van der Waals surface area contributed by atoms with Crippen molar-refractivity contribution in [2.24, 2.45) is 4.99 Å². The number of rotatable bonds is 8. The summed E-state index contributed by atoms with van der Waals surface area (Å²) in [4.78, 5) is 34.8. The number of hydrogen-bond acceptors (Lipinski definition) is 8. The summed E-state index contributed by atoms with van der Waals surface area (Å²) in [6.45, 7) is 10.3. The van der Waals surface area contributed by atoms with E-state index in [4.69, 9.17) is 14.2 Å². The van der Waals surface area contributed by atoms with Gasteiger partial charge < -0.3 is 19.1 Å². The minimum atomic E-state index is -0.721. The summed E-state index contributed by atoms with van der Waals surface area (Å²) >= 11 is 1.32. The van der Waals surface area contributed by atoms with Crippen LogP contribution in [0.15, 0.2) is 57.5 Å². The van der Waals surface area contributed by atoms with Gasteiger partial charge >= 0.3 is 5.97 Å². The van der Waals surface area contributed by atoms with Crippen LogP contribution >= 0.6 is 11.3 Å². The quantitative estimate of drug-likeness (QED) is 0.385. The third-order valence-electron chi connectivity index (χ3n) is 7.33. The maximum atomic E-state index is 14.0. The number of allylic oxidation sites excluding steroid dienone is 1. The Bertz CT molecular complexity index is 1650. The number of nitrogens with zero attached hydrogens (tertiary/aromatic N) is 3. The molecule has 1 saturated heterocycles. The molecule has 3 heterocycles. The molecule has 8 nitrogen and oxygen atoms in total. The molecule has 3 aromatic rings. The van der Waals surface area contributed by atoms with Crippen LogP contribution in [0.3, 0.4) is 0 Å². The number of fused-ring (bicyclic) bond motifs is 1. The molecule has 0 amide bonds. The summed E-state index contributed by atoms with van der Waals surface area (Å²) in [6.07, 6.45) is 4.36. The van der Waals surface area contributed by atoms with E-state index >= 15 is 0 Å². The first-order chi connectivity index (χ1) is 19.4. The number of ether oxygens (including phenoxy) is 3.